The molecule has 0 bridgehead atoms. The standard InChI is InChI=1S/C31H64N2O.C27H55N3O/c1-4-7-10-13-16-19-22-25-32(26-23-20-17-14-11-8-5-2)28-29-33(30-31-34)27-24-21-18-15-12-9-6-3;1-5-7-9-10-11-12-14-19-30(22-18-26-16-20-29(4)21-17-26)24-25(3)23-28-27(31)15-13-8-6-2/h31H,4-30H2,1-3H3;25-26H,5-24H2,1-4H3,(H,28,31). The first kappa shape index (κ1) is 64.0. The fourth-order valence-electron chi connectivity index (χ4n) is 9.62. The normalized spacial score (nSPS) is 14.1. The summed E-state index contributed by atoms with van der Waals surface area (Å²) in [5.74, 6) is 1.67. The maximum atomic E-state index is 12.1. The Labute approximate surface area is 408 Å². The van der Waals surface area contributed by atoms with Gasteiger partial charge in [-0.3, -0.25) is 9.69 Å². The van der Waals surface area contributed by atoms with E-state index < -0.39 is 0 Å². The number of likely N-dealkylation sites (tertiary alicyclic amines) is 1. The summed E-state index contributed by atoms with van der Waals surface area (Å²) in [6, 6.07) is 0. The largest absolute Gasteiger partial charge is 0.356 e. The van der Waals surface area contributed by atoms with Gasteiger partial charge in [0.1, 0.15) is 6.29 Å². The van der Waals surface area contributed by atoms with E-state index in [0.29, 0.717) is 18.9 Å². The molecule has 1 atom stereocenters. The molecule has 0 aromatic carbocycles. The summed E-state index contributed by atoms with van der Waals surface area (Å²) in [4.78, 5) is 33.6. The van der Waals surface area contributed by atoms with E-state index >= 15 is 0 Å². The molecule has 0 spiro atoms. The molecule has 1 amide bonds. The van der Waals surface area contributed by atoms with Crippen molar-refractivity contribution in [2.75, 3.05) is 85.6 Å². The van der Waals surface area contributed by atoms with E-state index in [1.165, 1.54) is 245 Å². The van der Waals surface area contributed by atoms with Crippen molar-refractivity contribution in [2.45, 2.75) is 266 Å². The quantitative estimate of drug-likeness (QED) is 0.0485. The summed E-state index contributed by atoms with van der Waals surface area (Å²) in [6.07, 6.45) is 47.6. The molecule has 1 unspecified atom stereocenters. The number of hydrogen-bond acceptors (Lipinski definition) is 6. The van der Waals surface area contributed by atoms with Gasteiger partial charge in [-0.05, 0) is 116 Å². The van der Waals surface area contributed by atoms with E-state index in [9.17, 15) is 9.59 Å². The fraction of sp³-hybridized carbons (Fsp3) is 0.966. The number of rotatable bonds is 48. The Balaban J connectivity index is 0.00000126. The Bertz CT molecular complexity index is 940. The van der Waals surface area contributed by atoms with Crippen LogP contribution in [0.5, 0.6) is 0 Å². The highest BCUT2D eigenvalue weighted by Gasteiger charge is 2.19. The number of nitrogens with zero attached hydrogens (tertiary/aromatic N) is 4. The van der Waals surface area contributed by atoms with Crippen LogP contribution in [-0.2, 0) is 9.59 Å². The first-order valence-electron chi connectivity index (χ1n) is 29.4. The smallest absolute Gasteiger partial charge is 0.220 e. The van der Waals surface area contributed by atoms with Crippen molar-refractivity contribution in [1.29, 1.82) is 0 Å². The third-order valence-electron chi connectivity index (χ3n) is 14.3. The second-order valence-corrected chi connectivity index (χ2v) is 21.0. The predicted molar refractivity (Wildman–Crippen MR) is 289 cm³/mol. The molecule has 0 radical (unpaired) electrons. The van der Waals surface area contributed by atoms with Crippen LogP contribution in [0.25, 0.3) is 0 Å². The first-order chi connectivity index (χ1) is 31.8. The Morgan fingerprint density at radius 3 is 1.31 bits per heavy atom. The number of amides is 1. The molecule has 0 aromatic rings. The molecule has 1 N–H and O–H groups in total. The molecule has 1 aliphatic rings. The molecule has 0 aromatic heterocycles. The highest BCUT2D eigenvalue weighted by atomic mass is 16.1. The predicted octanol–water partition coefficient (Wildman–Crippen LogP) is 15.1. The lowest BCUT2D eigenvalue weighted by Gasteiger charge is -2.32. The molecule has 0 saturated carbocycles. The van der Waals surface area contributed by atoms with Crippen LogP contribution < -0.4 is 5.32 Å². The molecular formula is C58H119N5O2. The number of unbranched alkanes of at least 4 members (excludes halogenated alkanes) is 26. The maximum Gasteiger partial charge on any atom is 0.220 e. The lowest BCUT2D eigenvalue weighted by atomic mass is 9.93. The molecule has 7 heteroatoms. The van der Waals surface area contributed by atoms with Crippen LogP contribution in [-0.4, -0.2) is 117 Å². The van der Waals surface area contributed by atoms with E-state index in [1.54, 1.807) is 0 Å². The van der Waals surface area contributed by atoms with Gasteiger partial charge in [-0.2, -0.15) is 0 Å². The third-order valence-corrected chi connectivity index (χ3v) is 14.3. The minimum Gasteiger partial charge on any atom is -0.356 e. The zero-order valence-electron chi connectivity index (χ0n) is 45.6. The third kappa shape index (κ3) is 45.2. The number of nitrogens with one attached hydrogen (secondary N) is 1. The topological polar surface area (TPSA) is 59.1 Å². The van der Waals surface area contributed by atoms with Crippen LogP contribution in [0.3, 0.4) is 0 Å². The van der Waals surface area contributed by atoms with Gasteiger partial charge in [-0.25, -0.2) is 0 Å². The molecule has 0 aliphatic carbocycles. The van der Waals surface area contributed by atoms with Gasteiger partial charge in [0, 0.05) is 32.6 Å². The summed E-state index contributed by atoms with van der Waals surface area (Å²) < 4.78 is 0. The summed E-state index contributed by atoms with van der Waals surface area (Å²) in [5.41, 5.74) is 0. The fourth-order valence-corrected chi connectivity index (χ4v) is 9.62. The molecule has 7 nitrogen and oxygen atoms in total. The van der Waals surface area contributed by atoms with Gasteiger partial charge in [0.05, 0.1) is 6.54 Å². The van der Waals surface area contributed by atoms with Crippen molar-refractivity contribution in [2.24, 2.45) is 11.8 Å². The molecule has 1 aliphatic heterocycles. The van der Waals surface area contributed by atoms with Crippen molar-refractivity contribution in [3.63, 3.8) is 0 Å². The van der Waals surface area contributed by atoms with Gasteiger partial charge in [0.25, 0.3) is 0 Å². The Kier molecular flexibility index (Phi) is 50.0. The summed E-state index contributed by atoms with van der Waals surface area (Å²) in [6.45, 7) is 27.0. The number of carbonyl (C=O) groups excluding carboxylic acids is 2. The zero-order chi connectivity index (χ0) is 47.7. The van der Waals surface area contributed by atoms with Crippen LogP contribution >= 0.6 is 0 Å². The molecular weight excluding hydrogens is 799 g/mol. The Morgan fingerprint density at radius 1 is 0.508 bits per heavy atom. The van der Waals surface area contributed by atoms with Gasteiger partial charge in [0.2, 0.25) is 5.91 Å². The monoisotopic (exact) mass is 918 g/mol. The van der Waals surface area contributed by atoms with E-state index in [0.717, 1.165) is 57.8 Å². The maximum absolute atomic E-state index is 12.1. The second kappa shape index (κ2) is 50.8. The van der Waals surface area contributed by atoms with Crippen LogP contribution in [0.4, 0.5) is 0 Å². The summed E-state index contributed by atoms with van der Waals surface area (Å²) >= 11 is 0. The average molecular weight is 919 g/mol. The SMILES string of the molecule is CCCCCCCCCN(CC=O)CCN(CCCCCCCCC)CCCCCCCCC.CCCCCCCCCN(CCC1CCN(C)CC1)CC(C)CNC(=O)CCCCC. The Hall–Kier alpha value is -1.02. The second-order valence-electron chi connectivity index (χ2n) is 21.0. The van der Waals surface area contributed by atoms with E-state index in [-0.39, 0.29) is 5.91 Å². The minimum absolute atomic E-state index is 0.241. The van der Waals surface area contributed by atoms with Gasteiger partial charge in [-0.15, -0.1) is 0 Å². The summed E-state index contributed by atoms with van der Waals surface area (Å²) in [7, 11) is 2.25. The molecule has 1 saturated heterocycles. The van der Waals surface area contributed by atoms with Crippen LogP contribution in [0, 0.1) is 11.8 Å². The molecule has 1 rings (SSSR count). The van der Waals surface area contributed by atoms with Crippen molar-refractivity contribution < 1.29 is 9.59 Å². The highest BCUT2D eigenvalue weighted by molar-refractivity contribution is 5.75. The van der Waals surface area contributed by atoms with Crippen molar-refractivity contribution >= 4 is 12.2 Å². The number of carbonyl (C=O) groups is 2. The van der Waals surface area contributed by atoms with E-state index in [4.69, 9.17) is 0 Å². The van der Waals surface area contributed by atoms with Gasteiger partial charge in [-0.1, -0.05) is 208 Å². The van der Waals surface area contributed by atoms with E-state index in [2.05, 4.69) is 73.5 Å². The molecule has 388 valence electrons. The lowest BCUT2D eigenvalue weighted by molar-refractivity contribution is -0.121. The van der Waals surface area contributed by atoms with Crippen LogP contribution in [0.15, 0.2) is 0 Å². The highest BCUT2D eigenvalue weighted by Crippen LogP contribution is 2.21. The number of piperidine rings is 1. The van der Waals surface area contributed by atoms with Crippen molar-refractivity contribution in [3.05, 3.63) is 0 Å². The van der Waals surface area contributed by atoms with Crippen molar-refractivity contribution in [3.8, 4) is 0 Å². The zero-order valence-corrected chi connectivity index (χ0v) is 45.6. The van der Waals surface area contributed by atoms with Gasteiger partial charge >= 0.3 is 0 Å². The first-order valence-corrected chi connectivity index (χ1v) is 29.4. The molecule has 65 heavy (non-hydrogen) atoms. The molecule has 1 fully saturated rings. The van der Waals surface area contributed by atoms with Crippen LogP contribution in [0.1, 0.15) is 266 Å². The van der Waals surface area contributed by atoms with Crippen molar-refractivity contribution in [1.82, 2.24) is 24.9 Å². The Morgan fingerprint density at radius 2 is 0.877 bits per heavy atom. The minimum atomic E-state index is 0.241. The van der Waals surface area contributed by atoms with E-state index in [1.807, 2.05) is 0 Å². The average Bonchev–Trinajstić information content (AvgIpc) is 3.30. The van der Waals surface area contributed by atoms with Gasteiger partial charge < -0.3 is 24.8 Å². The number of aldehydes is 1. The molecule has 1 heterocycles. The van der Waals surface area contributed by atoms with Gasteiger partial charge in [0.15, 0.2) is 0 Å². The summed E-state index contributed by atoms with van der Waals surface area (Å²) in [5, 5.41) is 3.18. The van der Waals surface area contributed by atoms with Crippen LogP contribution in [0.2, 0.25) is 0 Å². The number of hydrogen-bond donors (Lipinski definition) is 1. The lowest BCUT2D eigenvalue weighted by Crippen LogP contribution is -2.38.